The first-order valence-electron chi connectivity index (χ1n) is 4.63. The molecule has 12 heavy (non-hydrogen) atoms. The average Bonchev–Trinajstić information content (AvgIpc) is 1.91. The van der Waals surface area contributed by atoms with Crippen LogP contribution in [0.3, 0.4) is 0 Å². The van der Waals surface area contributed by atoms with Crippen molar-refractivity contribution < 1.29 is 0 Å². The van der Waals surface area contributed by atoms with Crippen molar-refractivity contribution in [2.75, 3.05) is 39.8 Å². The summed E-state index contributed by atoms with van der Waals surface area (Å²) in [5.74, 6) is 0. The zero-order chi connectivity index (χ0) is 9.19. The topological polar surface area (TPSA) is 30.3 Å². The molecule has 71 valence electrons. The van der Waals surface area contributed by atoms with Gasteiger partial charge < -0.3 is 4.90 Å². The lowest BCUT2D eigenvalue weighted by atomic mass is 10.1. The first-order chi connectivity index (χ1) is 5.47. The molecule has 0 aromatic carbocycles. The molecule has 3 heteroatoms. The zero-order valence-electron chi connectivity index (χ0n) is 8.43. The number of rotatable bonds is 2. The van der Waals surface area contributed by atoms with Gasteiger partial charge in [0.15, 0.2) is 0 Å². The van der Waals surface area contributed by atoms with E-state index >= 15 is 0 Å². The lowest BCUT2D eigenvalue weighted by molar-refractivity contribution is 0.132. The van der Waals surface area contributed by atoms with Gasteiger partial charge in [-0.15, -0.1) is 0 Å². The standard InChI is InChI=1S/C9H20N3/c1-9(2,10)8-12-6-4-11(3)5-7-12/h10H,4-8H2,1-3H3. The van der Waals surface area contributed by atoms with Crippen molar-refractivity contribution in [1.29, 1.82) is 0 Å². The monoisotopic (exact) mass is 170 g/mol. The van der Waals surface area contributed by atoms with Crippen molar-refractivity contribution in [3.63, 3.8) is 0 Å². The Morgan fingerprint density at radius 3 is 2.08 bits per heavy atom. The molecule has 1 saturated heterocycles. The summed E-state index contributed by atoms with van der Waals surface area (Å²) < 4.78 is 0. The van der Waals surface area contributed by atoms with Crippen LogP contribution in [0.1, 0.15) is 13.8 Å². The van der Waals surface area contributed by atoms with Gasteiger partial charge in [0.2, 0.25) is 0 Å². The minimum atomic E-state index is -0.296. The maximum atomic E-state index is 7.76. The Labute approximate surface area is 75.5 Å². The third-order valence-electron chi connectivity index (χ3n) is 2.21. The van der Waals surface area contributed by atoms with Crippen molar-refractivity contribution in [3.05, 3.63) is 0 Å². The molecule has 1 heterocycles. The maximum Gasteiger partial charge on any atom is 0.0394 e. The highest BCUT2D eigenvalue weighted by Gasteiger charge is 2.20. The van der Waals surface area contributed by atoms with Crippen molar-refractivity contribution in [2.45, 2.75) is 19.4 Å². The second kappa shape index (κ2) is 3.73. The molecular formula is C9H20N3. The van der Waals surface area contributed by atoms with Gasteiger partial charge in [0.05, 0.1) is 0 Å². The average molecular weight is 170 g/mol. The van der Waals surface area contributed by atoms with E-state index < -0.39 is 0 Å². The van der Waals surface area contributed by atoms with Gasteiger partial charge >= 0.3 is 0 Å². The van der Waals surface area contributed by atoms with Crippen LogP contribution in [0.25, 0.3) is 0 Å². The van der Waals surface area contributed by atoms with Gasteiger partial charge in [-0.05, 0) is 20.9 Å². The van der Waals surface area contributed by atoms with Gasteiger partial charge in [0.1, 0.15) is 0 Å². The first kappa shape index (κ1) is 9.96. The van der Waals surface area contributed by atoms with E-state index in [2.05, 4.69) is 16.8 Å². The molecule has 0 atom stereocenters. The van der Waals surface area contributed by atoms with Gasteiger partial charge in [0, 0.05) is 38.3 Å². The molecule has 0 saturated carbocycles. The summed E-state index contributed by atoms with van der Waals surface area (Å²) in [7, 11) is 2.16. The van der Waals surface area contributed by atoms with Crippen LogP contribution in [-0.4, -0.2) is 55.1 Å². The second-order valence-corrected chi connectivity index (χ2v) is 4.46. The smallest absolute Gasteiger partial charge is 0.0394 e. The molecule has 0 unspecified atom stereocenters. The van der Waals surface area contributed by atoms with E-state index in [9.17, 15) is 0 Å². The molecule has 1 radical (unpaired) electrons. The lowest BCUT2D eigenvalue weighted by Gasteiger charge is -2.35. The zero-order valence-corrected chi connectivity index (χ0v) is 8.43. The fraction of sp³-hybridized carbons (Fsp3) is 1.00. The molecule has 1 aliphatic heterocycles. The van der Waals surface area contributed by atoms with Gasteiger partial charge in [-0.3, -0.25) is 10.6 Å². The van der Waals surface area contributed by atoms with Crippen LogP contribution in [0.15, 0.2) is 0 Å². The van der Waals surface area contributed by atoms with Crippen molar-refractivity contribution in [1.82, 2.24) is 15.5 Å². The highest BCUT2D eigenvalue weighted by Crippen LogP contribution is 2.06. The Hall–Kier alpha value is -0.120. The minimum absolute atomic E-state index is 0.296. The summed E-state index contributed by atoms with van der Waals surface area (Å²) in [6.45, 7) is 9.40. The van der Waals surface area contributed by atoms with E-state index in [0.29, 0.717) is 0 Å². The first-order valence-corrected chi connectivity index (χ1v) is 4.63. The largest absolute Gasteiger partial charge is 0.304 e. The molecule has 0 bridgehead atoms. The van der Waals surface area contributed by atoms with Crippen LogP contribution in [0.5, 0.6) is 0 Å². The lowest BCUT2D eigenvalue weighted by Crippen LogP contribution is -2.49. The molecule has 0 spiro atoms. The predicted molar refractivity (Wildman–Crippen MR) is 51.1 cm³/mol. The molecule has 0 aliphatic carbocycles. The normalized spacial score (nSPS) is 23.0. The Kier molecular flexibility index (Phi) is 3.09. The Balaban J connectivity index is 2.26. The summed E-state index contributed by atoms with van der Waals surface area (Å²) >= 11 is 0. The summed E-state index contributed by atoms with van der Waals surface area (Å²) in [6, 6.07) is 0. The third-order valence-corrected chi connectivity index (χ3v) is 2.21. The molecule has 0 amide bonds. The van der Waals surface area contributed by atoms with Crippen LogP contribution in [-0.2, 0) is 0 Å². The van der Waals surface area contributed by atoms with E-state index in [1.807, 2.05) is 13.8 Å². The predicted octanol–water partition coefficient (Wildman–Crippen LogP) is 0.295. The SMILES string of the molecule is CN1CCN(CC(C)(C)[NH])CC1. The van der Waals surface area contributed by atoms with Crippen LogP contribution in [0.2, 0.25) is 0 Å². The van der Waals surface area contributed by atoms with E-state index in [0.717, 1.165) is 32.7 Å². The van der Waals surface area contributed by atoms with Crippen molar-refractivity contribution >= 4 is 0 Å². The maximum absolute atomic E-state index is 7.76. The van der Waals surface area contributed by atoms with Crippen LogP contribution in [0.4, 0.5) is 0 Å². The van der Waals surface area contributed by atoms with Gasteiger partial charge in [-0.2, -0.15) is 0 Å². The van der Waals surface area contributed by atoms with Gasteiger partial charge in [-0.25, -0.2) is 0 Å². The fourth-order valence-corrected chi connectivity index (χ4v) is 1.57. The molecule has 0 aromatic rings. The van der Waals surface area contributed by atoms with Gasteiger partial charge in [0.25, 0.3) is 0 Å². The second-order valence-electron chi connectivity index (χ2n) is 4.46. The summed E-state index contributed by atoms with van der Waals surface area (Å²) in [5.41, 5.74) is 7.47. The van der Waals surface area contributed by atoms with E-state index in [1.165, 1.54) is 0 Å². The molecule has 1 fully saturated rings. The molecule has 1 N–H and O–H groups in total. The van der Waals surface area contributed by atoms with Gasteiger partial charge in [-0.1, -0.05) is 0 Å². The van der Waals surface area contributed by atoms with Crippen LogP contribution >= 0.6 is 0 Å². The van der Waals surface area contributed by atoms with Crippen LogP contribution in [0, 0.1) is 0 Å². The highest BCUT2D eigenvalue weighted by molar-refractivity contribution is 4.79. The summed E-state index contributed by atoms with van der Waals surface area (Å²) in [5, 5.41) is 0. The third kappa shape index (κ3) is 3.52. The number of likely N-dealkylation sites (N-methyl/N-ethyl adjacent to an activating group) is 1. The Morgan fingerprint density at radius 2 is 1.67 bits per heavy atom. The molecule has 1 rings (SSSR count). The molecule has 0 aromatic heterocycles. The number of hydrogen-bond donors (Lipinski definition) is 0. The number of nitrogens with one attached hydrogen (secondary N) is 1. The Morgan fingerprint density at radius 1 is 1.17 bits per heavy atom. The molecular weight excluding hydrogens is 150 g/mol. The number of piperazine rings is 1. The molecule has 1 aliphatic rings. The highest BCUT2D eigenvalue weighted by atomic mass is 15.3. The van der Waals surface area contributed by atoms with Crippen molar-refractivity contribution in [3.8, 4) is 0 Å². The van der Waals surface area contributed by atoms with E-state index in [4.69, 9.17) is 5.73 Å². The van der Waals surface area contributed by atoms with E-state index in [1.54, 1.807) is 0 Å². The number of nitrogens with zero attached hydrogens (tertiary/aromatic N) is 2. The summed E-state index contributed by atoms with van der Waals surface area (Å²) in [6.07, 6.45) is 0. The fourth-order valence-electron chi connectivity index (χ4n) is 1.57. The van der Waals surface area contributed by atoms with E-state index in [-0.39, 0.29) is 5.54 Å². The Bertz CT molecular complexity index is 131. The minimum Gasteiger partial charge on any atom is -0.304 e. The summed E-state index contributed by atoms with van der Waals surface area (Å²) in [4.78, 5) is 4.72. The van der Waals surface area contributed by atoms with Crippen molar-refractivity contribution in [2.24, 2.45) is 0 Å². The molecule has 3 nitrogen and oxygen atoms in total. The number of hydrogen-bond acceptors (Lipinski definition) is 2. The van der Waals surface area contributed by atoms with Crippen LogP contribution < -0.4 is 5.73 Å². The quantitative estimate of drug-likeness (QED) is 0.596.